The molecular formula is C13H16ClF3N2O. The number of nitrogens with one attached hydrogen (secondary N) is 2. The van der Waals surface area contributed by atoms with Crippen LogP contribution in [0.25, 0.3) is 0 Å². The van der Waals surface area contributed by atoms with Crippen LogP contribution in [0.5, 0.6) is 0 Å². The topological polar surface area (TPSA) is 41.1 Å². The molecule has 0 fully saturated rings. The first-order valence-electron chi connectivity index (χ1n) is 6.01. The van der Waals surface area contributed by atoms with Gasteiger partial charge in [0.25, 0.3) is 0 Å². The number of likely N-dealkylation sites (N-methyl/N-ethyl adjacent to an activating group) is 1. The molecule has 0 saturated carbocycles. The van der Waals surface area contributed by atoms with Crippen LogP contribution in [-0.2, 0) is 11.0 Å². The van der Waals surface area contributed by atoms with Crippen LogP contribution in [0.2, 0.25) is 5.02 Å². The van der Waals surface area contributed by atoms with E-state index in [0.717, 1.165) is 18.2 Å². The summed E-state index contributed by atoms with van der Waals surface area (Å²) in [6.45, 7) is 5.64. The second kappa shape index (κ2) is 6.01. The lowest BCUT2D eigenvalue weighted by Crippen LogP contribution is -2.49. The zero-order valence-electron chi connectivity index (χ0n) is 11.4. The average molecular weight is 309 g/mol. The second-order valence-electron chi connectivity index (χ2n) is 4.80. The number of anilines is 1. The van der Waals surface area contributed by atoms with Crippen LogP contribution in [0.1, 0.15) is 26.3 Å². The zero-order chi connectivity index (χ0) is 15.6. The molecule has 0 aliphatic rings. The van der Waals surface area contributed by atoms with Gasteiger partial charge in [-0.2, -0.15) is 13.2 Å². The lowest BCUT2D eigenvalue weighted by Gasteiger charge is -2.25. The van der Waals surface area contributed by atoms with Gasteiger partial charge in [0.1, 0.15) is 0 Å². The molecule has 112 valence electrons. The molecule has 1 aromatic rings. The van der Waals surface area contributed by atoms with Gasteiger partial charge < -0.3 is 10.6 Å². The van der Waals surface area contributed by atoms with Crippen LogP contribution in [0.3, 0.4) is 0 Å². The van der Waals surface area contributed by atoms with E-state index < -0.39 is 23.2 Å². The number of halogens is 4. The highest BCUT2D eigenvalue weighted by Crippen LogP contribution is 2.34. The van der Waals surface area contributed by atoms with Crippen molar-refractivity contribution in [3.05, 3.63) is 28.8 Å². The maximum Gasteiger partial charge on any atom is 0.416 e. The smallest absolute Gasteiger partial charge is 0.323 e. The lowest BCUT2D eigenvalue weighted by atomic mass is 10.0. The van der Waals surface area contributed by atoms with Crippen LogP contribution < -0.4 is 10.6 Å². The third-order valence-electron chi connectivity index (χ3n) is 2.73. The van der Waals surface area contributed by atoms with Crippen LogP contribution in [0, 0.1) is 0 Å². The van der Waals surface area contributed by atoms with Gasteiger partial charge in [-0.3, -0.25) is 4.79 Å². The summed E-state index contributed by atoms with van der Waals surface area (Å²) >= 11 is 5.82. The number of carbonyl (C=O) groups excluding carboxylic acids is 1. The fourth-order valence-corrected chi connectivity index (χ4v) is 1.76. The summed E-state index contributed by atoms with van der Waals surface area (Å²) < 4.78 is 37.9. The van der Waals surface area contributed by atoms with Gasteiger partial charge in [0.2, 0.25) is 5.91 Å². The molecular weight excluding hydrogens is 293 g/mol. The summed E-state index contributed by atoms with van der Waals surface area (Å²) in [6.07, 6.45) is -4.48. The molecule has 0 aliphatic carbocycles. The highest BCUT2D eigenvalue weighted by Gasteiger charge is 2.32. The Morgan fingerprint density at radius 3 is 2.40 bits per heavy atom. The minimum Gasteiger partial charge on any atom is -0.323 e. The van der Waals surface area contributed by atoms with E-state index in [4.69, 9.17) is 11.6 Å². The molecule has 1 aromatic carbocycles. The molecule has 0 unspecified atom stereocenters. The molecule has 0 atom stereocenters. The maximum atomic E-state index is 12.6. The Kier molecular flexibility index (Phi) is 5.05. The van der Waals surface area contributed by atoms with Crippen molar-refractivity contribution in [2.45, 2.75) is 32.5 Å². The van der Waals surface area contributed by atoms with Gasteiger partial charge in [-0.1, -0.05) is 18.5 Å². The third kappa shape index (κ3) is 4.11. The minimum absolute atomic E-state index is 0.0543. The zero-order valence-corrected chi connectivity index (χ0v) is 12.1. The number of hydrogen-bond donors (Lipinski definition) is 2. The quantitative estimate of drug-likeness (QED) is 0.891. The highest BCUT2D eigenvalue weighted by molar-refractivity contribution is 6.33. The van der Waals surface area contributed by atoms with E-state index in [2.05, 4.69) is 10.6 Å². The lowest BCUT2D eigenvalue weighted by molar-refractivity contribution is -0.137. The van der Waals surface area contributed by atoms with Crippen LogP contribution >= 0.6 is 11.6 Å². The molecule has 20 heavy (non-hydrogen) atoms. The minimum atomic E-state index is -4.48. The van der Waals surface area contributed by atoms with Gasteiger partial charge in [0.15, 0.2) is 0 Å². The summed E-state index contributed by atoms with van der Waals surface area (Å²) in [4.78, 5) is 12.0. The van der Waals surface area contributed by atoms with E-state index in [0.29, 0.717) is 6.54 Å². The molecule has 2 N–H and O–H groups in total. The molecule has 0 radical (unpaired) electrons. The van der Waals surface area contributed by atoms with Gasteiger partial charge >= 0.3 is 6.18 Å². The van der Waals surface area contributed by atoms with E-state index >= 15 is 0 Å². The normalized spacial score (nSPS) is 12.3. The molecule has 0 aliphatic heterocycles. The highest BCUT2D eigenvalue weighted by atomic mass is 35.5. The van der Waals surface area contributed by atoms with Crippen molar-refractivity contribution in [3.8, 4) is 0 Å². The first-order valence-corrected chi connectivity index (χ1v) is 6.39. The van der Waals surface area contributed by atoms with Crippen molar-refractivity contribution in [2.24, 2.45) is 0 Å². The Morgan fingerprint density at radius 2 is 1.90 bits per heavy atom. The summed E-state index contributed by atoms with van der Waals surface area (Å²) in [5, 5.41) is 5.40. The second-order valence-corrected chi connectivity index (χ2v) is 5.21. The molecule has 0 heterocycles. The largest absolute Gasteiger partial charge is 0.416 e. The first kappa shape index (κ1) is 16.8. The number of carbonyl (C=O) groups is 1. The van der Waals surface area contributed by atoms with Crippen LogP contribution in [0.4, 0.5) is 18.9 Å². The van der Waals surface area contributed by atoms with Gasteiger partial charge in [0, 0.05) is 0 Å². The van der Waals surface area contributed by atoms with E-state index in [1.54, 1.807) is 13.8 Å². The number of benzene rings is 1. The van der Waals surface area contributed by atoms with Crippen molar-refractivity contribution in [1.82, 2.24) is 5.32 Å². The Balaban J connectivity index is 3.01. The fourth-order valence-electron chi connectivity index (χ4n) is 1.60. The van der Waals surface area contributed by atoms with Crippen LogP contribution in [-0.4, -0.2) is 18.0 Å². The summed E-state index contributed by atoms with van der Waals surface area (Å²) in [7, 11) is 0. The molecule has 1 rings (SSSR count). The van der Waals surface area contributed by atoms with E-state index in [1.165, 1.54) is 0 Å². The molecule has 7 heteroatoms. The standard InChI is InChI=1S/C13H16ClF3N2O/c1-4-18-12(2,3)11(20)19-10-7-8(13(15,16)17)5-6-9(10)14/h5-7,18H,4H2,1-3H3,(H,19,20). The average Bonchev–Trinajstić information content (AvgIpc) is 2.30. The SMILES string of the molecule is CCNC(C)(C)C(=O)Nc1cc(C(F)(F)F)ccc1Cl. The molecule has 1 amide bonds. The van der Waals surface area contributed by atoms with E-state index in [9.17, 15) is 18.0 Å². The predicted octanol–water partition coefficient (Wildman–Crippen LogP) is 3.69. The Bertz CT molecular complexity index is 501. The Labute approximate surface area is 120 Å². The van der Waals surface area contributed by atoms with Gasteiger partial charge in [-0.15, -0.1) is 0 Å². The Morgan fingerprint density at radius 1 is 1.30 bits per heavy atom. The first-order chi connectivity index (χ1) is 9.08. The number of amides is 1. The number of hydrogen-bond acceptors (Lipinski definition) is 2. The number of alkyl halides is 3. The summed E-state index contributed by atoms with van der Waals surface area (Å²) in [5.41, 5.74) is -1.83. The maximum absolute atomic E-state index is 12.6. The van der Waals surface area contributed by atoms with E-state index in [1.807, 2.05) is 6.92 Å². The monoisotopic (exact) mass is 308 g/mol. The molecule has 3 nitrogen and oxygen atoms in total. The summed E-state index contributed by atoms with van der Waals surface area (Å²) in [5.74, 6) is -0.458. The van der Waals surface area contributed by atoms with Crippen molar-refractivity contribution >= 4 is 23.2 Å². The van der Waals surface area contributed by atoms with Crippen molar-refractivity contribution in [2.75, 3.05) is 11.9 Å². The predicted molar refractivity (Wildman–Crippen MR) is 72.8 cm³/mol. The molecule has 0 spiro atoms. The van der Waals surface area contributed by atoms with Crippen molar-refractivity contribution in [3.63, 3.8) is 0 Å². The third-order valence-corrected chi connectivity index (χ3v) is 3.06. The van der Waals surface area contributed by atoms with E-state index in [-0.39, 0.29) is 10.7 Å². The molecule has 0 saturated heterocycles. The van der Waals surface area contributed by atoms with Crippen molar-refractivity contribution < 1.29 is 18.0 Å². The van der Waals surface area contributed by atoms with Gasteiger partial charge in [0.05, 0.1) is 21.8 Å². The fraction of sp³-hybridized carbons (Fsp3) is 0.462. The van der Waals surface area contributed by atoms with Gasteiger partial charge in [-0.25, -0.2) is 0 Å². The summed E-state index contributed by atoms with van der Waals surface area (Å²) in [6, 6.07) is 2.80. The molecule has 0 aromatic heterocycles. The van der Waals surface area contributed by atoms with Crippen molar-refractivity contribution in [1.29, 1.82) is 0 Å². The number of rotatable bonds is 4. The van der Waals surface area contributed by atoms with Crippen LogP contribution in [0.15, 0.2) is 18.2 Å². The van der Waals surface area contributed by atoms with Gasteiger partial charge in [-0.05, 0) is 38.6 Å². The molecule has 0 bridgehead atoms. The Hall–Kier alpha value is -1.27.